The van der Waals surface area contributed by atoms with Gasteiger partial charge in [-0.2, -0.15) is 0 Å². The first-order chi connectivity index (χ1) is 15.0. The van der Waals surface area contributed by atoms with Gasteiger partial charge in [-0.3, -0.25) is 9.69 Å². The highest BCUT2D eigenvalue weighted by Gasteiger charge is 2.73. The maximum absolute atomic E-state index is 11.1. The number of hydrogen-bond acceptors (Lipinski definition) is 6. The fourth-order valence-electron chi connectivity index (χ4n) is 7.44. The Morgan fingerprint density at radius 1 is 1.27 bits per heavy atom. The number of carboxylic acid groups (broad SMARTS) is 1. The summed E-state index contributed by atoms with van der Waals surface area (Å²) in [5.41, 5.74) is 1.78. The van der Waals surface area contributed by atoms with E-state index in [0.717, 1.165) is 50.3 Å². The number of rotatable bonds is 7. The van der Waals surface area contributed by atoms with E-state index < -0.39 is 5.97 Å². The molecule has 2 heterocycles. The minimum atomic E-state index is -0.797. The molecule has 2 unspecified atom stereocenters. The summed E-state index contributed by atoms with van der Waals surface area (Å²) in [5.74, 6) is 0.861. The van der Waals surface area contributed by atoms with Crippen molar-refractivity contribution in [1.29, 1.82) is 0 Å². The molecule has 7 nitrogen and oxygen atoms in total. The molecule has 9 heteroatoms. The maximum atomic E-state index is 11.1. The summed E-state index contributed by atoms with van der Waals surface area (Å²) in [4.78, 5) is 13.7. The van der Waals surface area contributed by atoms with Crippen molar-refractivity contribution in [2.24, 2.45) is 5.92 Å². The first-order valence-electron chi connectivity index (χ1n) is 11.8. The van der Waals surface area contributed by atoms with Crippen LogP contribution in [0.15, 0.2) is 12.1 Å². The summed E-state index contributed by atoms with van der Waals surface area (Å²) < 4.78 is 13.1. The van der Waals surface area contributed by atoms with E-state index in [9.17, 15) is 9.90 Å². The van der Waals surface area contributed by atoms with Crippen molar-refractivity contribution in [1.82, 2.24) is 10.2 Å². The zero-order valence-corrected chi connectivity index (χ0v) is 20.6. The summed E-state index contributed by atoms with van der Waals surface area (Å²) >= 11 is 0. The molecule has 1 aromatic rings. The zero-order chi connectivity index (χ0) is 21.4. The highest BCUT2D eigenvalue weighted by Crippen LogP contribution is 2.66. The topological polar surface area (TPSA) is 91.3 Å². The van der Waals surface area contributed by atoms with Crippen LogP contribution in [-0.2, 0) is 21.4 Å². The van der Waals surface area contributed by atoms with Gasteiger partial charge in [-0.25, -0.2) is 0 Å². The lowest BCUT2D eigenvalue weighted by Gasteiger charge is -2.65. The largest absolute Gasteiger partial charge is 0.504 e. The number of carboxylic acids is 1. The Labute approximate surface area is 207 Å². The summed E-state index contributed by atoms with van der Waals surface area (Å²) in [5, 5.41) is 23.3. The van der Waals surface area contributed by atoms with Gasteiger partial charge in [-0.1, -0.05) is 6.07 Å². The molecule has 2 saturated carbocycles. The number of piperidine rings is 1. The molecule has 3 fully saturated rings. The molecule has 184 valence electrons. The van der Waals surface area contributed by atoms with E-state index in [1.165, 1.54) is 18.4 Å². The number of aromatic hydroxyl groups is 1. The normalized spacial score (nSPS) is 35.6. The number of halogens is 2. The van der Waals surface area contributed by atoms with Crippen LogP contribution in [0.25, 0.3) is 0 Å². The number of hydrogen-bond donors (Lipinski definition) is 3. The van der Waals surface area contributed by atoms with Crippen molar-refractivity contribution in [3.05, 3.63) is 23.3 Å². The van der Waals surface area contributed by atoms with Crippen LogP contribution in [0.4, 0.5) is 0 Å². The number of phenolic OH excluding ortho intramolecular Hbond substituents is 1. The first-order valence-corrected chi connectivity index (χ1v) is 11.8. The van der Waals surface area contributed by atoms with Gasteiger partial charge in [0.1, 0.15) is 6.10 Å². The Morgan fingerprint density at radius 2 is 2.06 bits per heavy atom. The predicted octanol–water partition coefficient (Wildman–Crippen LogP) is 2.89. The van der Waals surface area contributed by atoms with Crippen molar-refractivity contribution in [2.75, 3.05) is 26.7 Å². The molecule has 2 aliphatic heterocycles. The molecule has 0 amide bonds. The molecular weight excluding hydrogens is 467 g/mol. The number of phenols is 1. The Morgan fingerprint density at radius 3 is 2.76 bits per heavy atom. The van der Waals surface area contributed by atoms with E-state index in [4.69, 9.17) is 14.6 Å². The monoisotopic (exact) mass is 500 g/mol. The van der Waals surface area contributed by atoms with Crippen LogP contribution >= 0.6 is 24.8 Å². The second-order valence-corrected chi connectivity index (χ2v) is 10.2. The van der Waals surface area contributed by atoms with E-state index in [1.54, 1.807) is 6.07 Å². The summed E-state index contributed by atoms with van der Waals surface area (Å²) in [7, 11) is 1.86. The van der Waals surface area contributed by atoms with Crippen LogP contribution in [0.5, 0.6) is 11.5 Å². The van der Waals surface area contributed by atoms with E-state index in [2.05, 4.69) is 16.3 Å². The van der Waals surface area contributed by atoms with Gasteiger partial charge in [0.25, 0.3) is 0 Å². The molecule has 0 radical (unpaired) electrons. The fourth-order valence-corrected chi connectivity index (χ4v) is 7.44. The molecule has 2 bridgehead atoms. The Balaban J connectivity index is 0.00000130. The van der Waals surface area contributed by atoms with Gasteiger partial charge < -0.3 is 25.0 Å². The van der Waals surface area contributed by atoms with Gasteiger partial charge in [0.15, 0.2) is 11.5 Å². The van der Waals surface area contributed by atoms with E-state index >= 15 is 0 Å². The molecule has 5 atom stereocenters. The molecule has 5 aliphatic rings. The summed E-state index contributed by atoms with van der Waals surface area (Å²) in [6.45, 7) is 2.59. The molecule has 33 heavy (non-hydrogen) atoms. The second-order valence-electron chi connectivity index (χ2n) is 10.2. The molecule has 0 aromatic heterocycles. The highest BCUT2D eigenvalue weighted by atomic mass is 35.5. The minimum absolute atomic E-state index is 0. The molecule has 6 rings (SSSR count). The van der Waals surface area contributed by atoms with Crippen LogP contribution in [0, 0.1) is 5.92 Å². The Bertz CT molecular complexity index is 928. The van der Waals surface area contributed by atoms with Crippen LogP contribution in [0.2, 0.25) is 0 Å². The number of methoxy groups -OCH3 is 1. The van der Waals surface area contributed by atoms with E-state index in [0.29, 0.717) is 18.3 Å². The third-order valence-electron chi connectivity index (χ3n) is 8.83. The molecule has 1 saturated heterocycles. The van der Waals surface area contributed by atoms with E-state index in [-0.39, 0.29) is 60.1 Å². The third-order valence-corrected chi connectivity index (χ3v) is 8.83. The average molecular weight is 501 g/mol. The average Bonchev–Trinajstić information content (AvgIpc) is 3.49. The summed E-state index contributed by atoms with van der Waals surface area (Å²) in [6.07, 6.45) is 6.25. The van der Waals surface area contributed by atoms with Crippen molar-refractivity contribution in [3.8, 4) is 11.5 Å². The number of ether oxygens (including phenoxy) is 2. The van der Waals surface area contributed by atoms with Crippen LogP contribution in [-0.4, -0.2) is 71.6 Å². The van der Waals surface area contributed by atoms with Crippen LogP contribution < -0.4 is 10.1 Å². The minimum Gasteiger partial charge on any atom is -0.504 e. The van der Waals surface area contributed by atoms with E-state index in [1.807, 2.05) is 7.11 Å². The highest BCUT2D eigenvalue weighted by molar-refractivity contribution is 5.85. The SMILES string of the molecule is CO[C@@]12CCC(NCCC(=O)O)C3Oc4c(O)ccc5c4[C@@]31CCN(CC1CC1)[C@@H]2C5.Cl.Cl. The molecule has 1 spiro atoms. The second kappa shape index (κ2) is 8.76. The number of likely N-dealkylation sites (tertiary alicyclic amines) is 1. The van der Waals surface area contributed by atoms with Gasteiger partial charge in [-0.15, -0.1) is 24.8 Å². The Hall–Kier alpha value is -1.25. The number of carbonyl (C=O) groups is 1. The molecular formula is C24H34Cl2N2O5. The lowest BCUT2D eigenvalue weighted by Crippen LogP contribution is -2.78. The van der Waals surface area contributed by atoms with Crippen molar-refractivity contribution in [3.63, 3.8) is 0 Å². The number of aliphatic carboxylic acids is 1. The van der Waals surface area contributed by atoms with Crippen molar-refractivity contribution >= 4 is 30.8 Å². The van der Waals surface area contributed by atoms with Gasteiger partial charge in [0, 0.05) is 37.8 Å². The molecule has 1 aromatic carbocycles. The van der Waals surface area contributed by atoms with Gasteiger partial charge in [-0.05, 0) is 62.6 Å². The van der Waals surface area contributed by atoms with Gasteiger partial charge in [0.2, 0.25) is 0 Å². The first kappa shape index (κ1) is 24.9. The summed E-state index contributed by atoms with van der Waals surface area (Å²) in [6, 6.07) is 4.20. The zero-order valence-electron chi connectivity index (χ0n) is 18.9. The lowest BCUT2D eigenvalue weighted by molar-refractivity contribution is -0.207. The Kier molecular flexibility index (Phi) is 6.60. The van der Waals surface area contributed by atoms with Crippen LogP contribution in [0.1, 0.15) is 49.7 Å². The van der Waals surface area contributed by atoms with Gasteiger partial charge >= 0.3 is 5.97 Å². The smallest absolute Gasteiger partial charge is 0.304 e. The standard InChI is InChI=1S/C24H32N2O5.2ClH/c1-30-24-8-6-16(25-10-7-19(28)29)22-23(24)9-11-26(13-14-2-3-14)18(24)12-15-4-5-17(27)21(31-22)20(15)23;;/h4-5,14,16,18,22,25,27H,2-3,6-13H2,1H3,(H,28,29);2*1H/t16?,18-,22?,23+,24-;;/m1../s1. The predicted molar refractivity (Wildman–Crippen MR) is 128 cm³/mol. The number of nitrogens with one attached hydrogen (secondary N) is 1. The number of nitrogens with zero attached hydrogens (tertiary/aromatic N) is 1. The van der Waals surface area contributed by atoms with Crippen molar-refractivity contribution in [2.45, 2.75) is 74.1 Å². The van der Waals surface area contributed by atoms with Gasteiger partial charge in [0.05, 0.1) is 17.4 Å². The molecule has 3 N–H and O–H groups in total. The fraction of sp³-hybridized carbons (Fsp3) is 0.708. The van der Waals surface area contributed by atoms with Crippen molar-refractivity contribution < 1.29 is 24.5 Å². The third kappa shape index (κ3) is 3.38. The number of benzene rings is 1. The maximum Gasteiger partial charge on any atom is 0.304 e. The molecule has 3 aliphatic carbocycles. The quantitative estimate of drug-likeness (QED) is 0.529. The van der Waals surface area contributed by atoms with Crippen LogP contribution in [0.3, 0.4) is 0 Å². The lowest BCUT2D eigenvalue weighted by atomic mass is 9.48.